The van der Waals surface area contributed by atoms with E-state index in [-0.39, 0.29) is 6.61 Å². The molecule has 0 amide bonds. The first-order valence-corrected chi connectivity index (χ1v) is 7.38. The van der Waals surface area contributed by atoms with Crippen LogP contribution >= 0.6 is 0 Å². The molecule has 0 atom stereocenters. The van der Waals surface area contributed by atoms with Gasteiger partial charge in [-0.05, 0) is 35.7 Å². The number of para-hydroxylation sites is 1. The molecule has 0 bridgehead atoms. The smallest absolute Gasteiger partial charge is 0.0540 e. The number of aliphatic hydroxyl groups excluding tert-OH is 1. The fraction of sp³-hybridized carbons (Fsp3) is 0.263. The molecule has 2 nitrogen and oxygen atoms in total. The van der Waals surface area contributed by atoms with E-state index in [0.717, 1.165) is 25.1 Å². The first-order valence-electron chi connectivity index (χ1n) is 7.38. The van der Waals surface area contributed by atoms with Gasteiger partial charge in [-0.3, -0.25) is 0 Å². The lowest BCUT2D eigenvalue weighted by Crippen LogP contribution is -2.19. The number of fused-ring (bicyclic) bond motifs is 1. The van der Waals surface area contributed by atoms with E-state index in [1.165, 1.54) is 16.8 Å². The average molecular weight is 277 g/mol. The molecule has 2 aromatic rings. The fourth-order valence-electron chi connectivity index (χ4n) is 2.71. The van der Waals surface area contributed by atoms with Crippen LogP contribution in [0.4, 0.5) is 5.69 Å². The van der Waals surface area contributed by atoms with Gasteiger partial charge in [0.2, 0.25) is 0 Å². The Morgan fingerprint density at radius 2 is 1.86 bits per heavy atom. The predicted molar refractivity (Wildman–Crippen MR) is 86.2 cm³/mol. The van der Waals surface area contributed by atoms with E-state index in [9.17, 15) is 0 Å². The van der Waals surface area contributed by atoms with Gasteiger partial charge in [-0.25, -0.2) is 0 Å². The summed E-state index contributed by atoms with van der Waals surface area (Å²) in [7, 11) is 0. The number of aliphatic hydroxyl groups is 1. The summed E-state index contributed by atoms with van der Waals surface area (Å²) >= 11 is 0. The maximum atomic E-state index is 8.72. The Kier molecular flexibility index (Phi) is 4.23. The minimum atomic E-state index is 0.124. The van der Waals surface area contributed by atoms with Crippen LogP contribution in [-0.2, 0) is 13.0 Å². The summed E-state index contributed by atoms with van der Waals surface area (Å²) in [6.07, 6.45) is 1.67. The van der Waals surface area contributed by atoms with Crippen molar-refractivity contribution in [3.63, 3.8) is 0 Å². The molecular weight excluding hydrogens is 258 g/mol. The lowest BCUT2D eigenvalue weighted by atomic mass is 10.1. The Labute approximate surface area is 126 Å². The second kappa shape index (κ2) is 6.47. The first kappa shape index (κ1) is 13.7. The van der Waals surface area contributed by atoms with Crippen LogP contribution in [0.1, 0.15) is 23.1 Å². The molecule has 1 aliphatic heterocycles. The van der Waals surface area contributed by atoms with E-state index in [0.29, 0.717) is 6.42 Å². The monoisotopic (exact) mass is 277 g/mol. The SMILES string of the molecule is OCCC#Cc1ccc(CN2CCc3ccccc32)cc1. The van der Waals surface area contributed by atoms with Crippen LogP contribution in [0.3, 0.4) is 0 Å². The van der Waals surface area contributed by atoms with E-state index in [1.807, 2.05) is 0 Å². The number of nitrogens with zero attached hydrogens (tertiary/aromatic N) is 1. The van der Waals surface area contributed by atoms with Gasteiger partial charge in [-0.1, -0.05) is 42.2 Å². The molecule has 0 spiro atoms. The number of anilines is 1. The average Bonchev–Trinajstić information content (AvgIpc) is 2.93. The quantitative estimate of drug-likeness (QED) is 0.872. The van der Waals surface area contributed by atoms with Crippen LogP contribution in [0, 0.1) is 11.8 Å². The van der Waals surface area contributed by atoms with Crippen LogP contribution in [0.2, 0.25) is 0 Å². The molecule has 0 aliphatic carbocycles. The second-order valence-corrected chi connectivity index (χ2v) is 5.27. The van der Waals surface area contributed by atoms with Crippen molar-refractivity contribution in [1.29, 1.82) is 0 Å². The van der Waals surface area contributed by atoms with Crippen molar-refractivity contribution >= 4 is 5.69 Å². The molecule has 1 aliphatic rings. The Balaban J connectivity index is 1.68. The Bertz CT molecular complexity index is 664. The lowest BCUT2D eigenvalue weighted by Gasteiger charge is -2.19. The minimum Gasteiger partial charge on any atom is -0.395 e. The highest BCUT2D eigenvalue weighted by molar-refractivity contribution is 5.58. The van der Waals surface area contributed by atoms with Crippen LogP contribution in [0.25, 0.3) is 0 Å². The van der Waals surface area contributed by atoms with E-state index < -0.39 is 0 Å². The van der Waals surface area contributed by atoms with Crippen LogP contribution in [-0.4, -0.2) is 18.3 Å². The molecule has 1 heterocycles. The van der Waals surface area contributed by atoms with Crippen molar-refractivity contribution in [3.05, 3.63) is 65.2 Å². The van der Waals surface area contributed by atoms with Gasteiger partial charge < -0.3 is 10.0 Å². The van der Waals surface area contributed by atoms with Gasteiger partial charge in [0.1, 0.15) is 0 Å². The summed E-state index contributed by atoms with van der Waals surface area (Å²) in [6.45, 7) is 2.16. The molecule has 2 heteroatoms. The third-order valence-electron chi connectivity index (χ3n) is 3.78. The van der Waals surface area contributed by atoms with Crippen LogP contribution < -0.4 is 4.90 Å². The Hall–Kier alpha value is -2.24. The van der Waals surface area contributed by atoms with Gasteiger partial charge in [-0.15, -0.1) is 0 Å². The summed E-state index contributed by atoms with van der Waals surface area (Å²) in [6, 6.07) is 17.0. The molecular formula is C19H19NO. The van der Waals surface area contributed by atoms with Crippen LogP contribution in [0.15, 0.2) is 48.5 Å². The van der Waals surface area contributed by atoms with Gasteiger partial charge in [0.25, 0.3) is 0 Å². The van der Waals surface area contributed by atoms with Crippen molar-refractivity contribution in [1.82, 2.24) is 0 Å². The first-order chi connectivity index (χ1) is 10.4. The molecule has 0 radical (unpaired) electrons. The Morgan fingerprint density at radius 1 is 1.05 bits per heavy atom. The van der Waals surface area contributed by atoms with Gasteiger partial charge in [0.15, 0.2) is 0 Å². The molecule has 3 rings (SSSR count). The summed E-state index contributed by atoms with van der Waals surface area (Å²) in [4.78, 5) is 2.43. The zero-order chi connectivity index (χ0) is 14.5. The normalized spacial score (nSPS) is 12.7. The molecule has 0 fully saturated rings. The topological polar surface area (TPSA) is 23.5 Å². The maximum Gasteiger partial charge on any atom is 0.0540 e. The third kappa shape index (κ3) is 3.26. The van der Waals surface area contributed by atoms with Gasteiger partial charge in [0, 0.05) is 30.8 Å². The third-order valence-corrected chi connectivity index (χ3v) is 3.78. The van der Waals surface area contributed by atoms with Crippen molar-refractivity contribution in [2.45, 2.75) is 19.4 Å². The zero-order valence-corrected chi connectivity index (χ0v) is 12.0. The molecule has 21 heavy (non-hydrogen) atoms. The molecule has 1 N–H and O–H groups in total. The molecule has 0 saturated heterocycles. The number of rotatable bonds is 3. The van der Waals surface area contributed by atoms with Gasteiger partial charge >= 0.3 is 0 Å². The summed E-state index contributed by atoms with van der Waals surface area (Å²) in [5.41, 5.74) is 5.13. The fourth-order valence-corrected chi connectivity index (χ4v) is 2.71. The van der Waals surface area contributed by atoms with Crippen molar-refractivity contribution in [2.24, 2.45) is 0 Å². The van der Waals surface area contributed by atoms with Gasteiger partial charge in [-0.2, -0.15) is 0 Å². The van der Waals surface area contributed by atoms with Crippen LogP contribution in [0.5, 0.6) is 0 Å². The van der Waals surface area contributed by atoms with E-state index in [1.54, 1.807) is 0 Å². The van der Waals surface area contributed by atoms with Crippen molar-refractivity contribution in [2.75, 3.05) is 18.1 Å². The number of hydrogen-bond donors (Lipinski definition) is 1. The lowest BCUT2D eigenvalue weighted by molar-refractivity contribution is 0.305. The van der Waals surface area contributed by atoms with Gasteiger partial charge in [0.05, 0.1) is 6.61 Å². The highest BCUT2D eigenvalue weighted by Gasteiger charge is 2.17. The summed E-state index contributed by atoms with van der Waals surface area (Å²) in [5, 5.41) is 8.72. The number of benzene rings is 2. The largest absolute Gasteiger partial charge is 0.395 e. The highest BCUT2D eigenvalue weighted by Crippen LogP contribution is 2.28. The summed E-state index contributed by atoms with van der Waals surface area (Å²) in [5.74, 6) is 6.00. The number of hydrogen-bond acceptors (Lipinski definition) is 2. The van der Waals surface area contributed by atoms with Crippen molar-refractivity contribution in [3.8, 4) is 11.8 Å². The van der Waals surface area contributed by atoms with E-state index in [4.69, 9.17) is 5.11 Å². The molecule has 2 aromatic carbocycles. The molecule has 106 valence electrons. The van der Waals surface area contributed by atoms with E-state index >= 15 is 0 Å². The minimum absolute atomic E-state index is 0.124. The molecule has 0 unspecified atom stereocenters. The van der Waals surface area contributed by atoms with Crippen molar-refractivity contribution < 1.29 is 5.11 Å². The van der Waals surface area contributed by atoms with E-state index in [2.05, 4.69) is 65.3 Å². The maximum absolute atomic E-state index is 8.72. The predicted octanol–water partition coefficient (Wildman–Crippen LogP) is 2.98. The second-order valence-electron chi connectivity index (χ2n) is 5.27. The highest BCUT2D eigenvalue weighted by atomic mass is 16.2. The molecule has 0 saturated carbocycles. The Morgan fingerprint density at radius 3 is 2.67 bits per heavy atom. The standard InChI is InChI=1S/C19H19NO/c21-14-4-3-5-16-8-10-17(11-9-16)15-20-13-12-18-6-1-2-7-19(18)20/h1-2,6-11,21H,4,12-15H2. The summed E-state index contributed by atoms with van der Waals surface area (Å²) < 4.78 is 0. The zero-order valence-electron chi connectivity index (χ0n) is 12.0. The molecule has 0 aromatic heterocycles.